The first-order valence-electron chi connectivity index (χ1n) is 7.73. The highest BCUT2D eigenvalue weighted by Crippen LogP contribution is 2.25. The van der Waals surface area contributed by atoms with Gasteiger partial charge in [0.25, 0.3) is 5.91 Å². The van der Waals surface area contributed by atoms with Crippen molar-refractivity contribution < 1.29 is 9.59 Å². The SMILES string of the molecule is C[C@@H](NC(=O)c1csc(-c2ccsc2)n1)C(=O)N1CCCCC1. The van der Waals surface area contributed by atoms with Crippen molar-refractivity contribution in [3.8, 4) is 10.6 Å². The molecule has 0 radical (unpaired) electrons. The Kier molecular flexibility index (Phi) is 5.07. The summed E-state index contributed by atoms with van der Waals surface area (Å²) in [6, 6.07) is 1.46. The number of aromatic nitrogens is 1. The first kappa shape index (κ1) is 16.1. The zero-order valence-electron chi connectivity index (χ0n) is 12.9. The lowest BCUT2D eigenvalue weighted by Gasteiger charge is -2.29. The van der Waals surface area contributed by atoms with Gasteiger partial charge in [0.05, 0.1) is 0 Å². The Bertz CT molecular complexity index is 675. The van der Waals surface area contributed by atoms with Gasteiger partial charge in [0.15, 0.2) is 0 Å². The summed E-state index contributed by atoms with van der Waals surface area (Å²) in [5, 5.41) is 9.32. The number of hydrogen-bond acceptors (Lipinski definition) is 5. The minimum absolute atomic E-state index is 0.00802. The lowest BCUT2D eigenvalue weighted by molar-refractivity contribution is -0.133. The fourth-order valence-electron chi connectivity index (χ4n) is 2.62. The van der Waals surface area contributed by atoms with Crippen molar-refractivity contribution in [3.63, 3.8) is 0 Å². The van der Waals surface area contributed by atoms with Crippen LogP contribution in [0.2, 0.25) is 0 Å². The molecule has 0 unspecified atom stereocenters. The third-order valence-electron chi connectivity index (χ3n) is 3.89. The second kappa shape index (κ2) is 7.23. The molecule has 23 heavy (non-hydrogen) atoms. The van der Waals surface area contributed by atoms with Crippen LogP contribution in [0.3, 0.4) is 0 Å². The molecular weight excluding hydrogens is 330 g/mol. The van der Waals surface area contributed by atoms with Crippen LogP contribution in [-0.2, 0) is 4.79 Å². The average molecular weight is 349 g/mol. The summed E-state index contributed by atoms with van der Waals surface area (Å²) in [6.07, 6.45) is 3.26. The van der Waals surface area contributed by atoms with Crippen molar-refractivity contribution in [2.24, 2.45) is 0 Å². The summed E-state index contributed by atoms with van der Waals surface area (Å²) in [5.41, 5.74) is 1.39. The average Bonchev–Trinajstić information content (AvgIpc) is 3.25. The predicted molar refractivity (Wildman–Crippen MR) is 92.8 cm³/mol. The molecule has 0 aliphatic carbocycles. The standard InChI is InChI=1S/C16H19N3O2S2/c1-11(16(21)19-6-3-2-4-7-19)17-14(20)13-10-23-15(18-13)12-5-8-22-9-12/h5,8-11H,2-4,6-7H2,1H3,(H,17,20)/t11-/m1/s1. The van der Waals surface area contributed by atoms with Crippen molar-refractivity contribution >= 4 is 34.5 Å². The van der Waals surface area contributed by atoms with Crippen LogP contribution in [0.5, 0.6) is 0 Å². The van der Waals surface area contributed by atoms with Crippen LogP contribution in [0.15, 0.2) is 22.2 Å². The Hall–Kier alpha value is -1.73. The Morgan fingerprint density at radius 2 is 2.04 bits per heavy atom. The molecule has 0 bridgehead atoms. The lowest BCUT2D eigenvalue weighted by atomic mass is 10.1. The number of thiazole rings is 1. The van der Waals surface area contributed by atoms with Gasteiger partial charge in [0, 0.05) is 29.4 Å². The minimum atomic E-state index is -0.521. The Morgan fingerprint density at radius 1 is 1.26 bits per heavy atom. The van der Waals surface area contributed by atoms with Crippen LogP contribution in [-0.4, -0.2) is 40.8 Å². The molecule has 2 aromatic rings. The van der Waals surface area contributed by atoms with Gasteiger partial charge in [-0.25, -0.2) is 4.98 Å². The normalized spacial score (nSPS) is 16.1. The highest BCUT2D eigenvalue weighted by molar-refractivity contribution is 7.14. The number of likely N-dealkylation sites (tertiary alicyclic amines) is 1. The maximum Gasteiger partial charge on any atom is 0.271 e. The van der Waals surface area contributed by atoms with E-state index in [1.165, 1.54) is 17.8 Å². The fraction of sp³-hybridized carbons (Fsp3) is 0.438. The number of piperidine rings is 1. The summed E-state index contributed by atoms with van der Waals surface area (Å²) in [7, 11) is 0. The highest BCUT2D eigenvalue weighted by Gasteiger charge is 2.24. The van der Waals surface area contributed by atoms with Crippen molar-refractivity contribution in [1.29, 1.82) is 0 Å². The summed E-state index contributed by atoms with van der Waals surface area (Å²) in [4.78, 5) is 30.8. The number of hydrogen-bond donors (Lipinski definition) is 1. The first-order valence-corrected chi connectivity index (χ1v) is 9.55. The van der Waals surface area contributed by atoms with E-state index in [4.69, 9.17) is 0 Å². The van der Waals surface area contributed by atoms with Crippen molar-refractivity contribution in [2.45, 2.75) is 32.2 Å². The van der Waals surface area contributed by atoms with Gasteiger partial charge in [-0.05, 0) is 37.6 Å². The molecule has 1 N–H and O–H groups in total. The molecule has 122 valence electrons. The van der Waals surface area contributed by atoms with Gasteiger partial charge in [-0.1, -0.05) is 0 Å². The minimum Gasteiger partial charge on any atom is -0.341 e. The van der Waals surface area contributed by atoms with E-state index in [2.05, 4.69) is 10.3 Å². The molecule has 3 heterocycles. The molecule has 0 saturated carbocycles. The van der Waals surface area contributed by atoms with Crippen LogP contribution >= 0.6 is 22.7 Å². The monoisotopic (exact) mass is 349 g/mol. The van der Waals surface area contributed by atoms with Crippen LogP contribution < -0.4 is 5.32 Å². The van der Waals surface area contributed by atoms with E-state index in [0.29, 0.717) is 5.69 Å². The van der Waals surface area contributed by atoms with Crippen LogP contribution in [0.4, 0.5) is 0 Å². The van der Waals surface area contributed by atoms with Crippen molar-refractivity contribution in [2.75, 3.05) is 13.1 Å². The second-order valence-corrected chi connectivity index (χ2v) is 7.27. The van der Waals surface area contributed by atoms with E-state index in [9.17, 15) is 9.59 Å². The van der Waals surface area contributed by atoms with Gasteiger partial charge >= 0.3 is 0 Å². The number of nitrogens with zero attached hydrogens (tertiary/aromatic N) is 2. The van der Waals surface area contributed by atoms with Crippen molar-refractivity contribution in [1.82, 2.24) is 15.2 Å². The molecule has 1 aliphatic rings. The number of carbonyl (C=O) groups excluding carboxylic acids is 2. The third-order valence-corrected chi connectivity index (χ3v) is 5.47. The summed E-state index contributed by atoms with van der Waals surface area (Å²) >= 11 is 3.04. The van der Waals surface area contributed by atoms with Gasteiger partial charge in [0.1, 0.15) is 16.7 Å². The van der Waals surface area contributed by atoms with Gasteiger partial charge in [-0.2, -0.15) is 11.3 Å². The van der Waals surface area contributed by atoms with E-state index >= 15 is 0 Å². The first-order chi connectivity index (χ1) is 11.1. The molecular formula is C16H19N3O2S2. The van der Waals surface area contributed by atoms with Crippen LogP contribution in [0.25, 0.3) is 10.6 Å². The molecule has 1 atom stereocenters. The van der Waals surface area contributed by atoms with Crippen LogP contribution in [0.1, 0.15) is 36.7 Å². The lowest BCUT2D eigenvalue weighted by Crippen LogP contribution is -2.48. The molecule has 2 aromatic heterocycles. The van der Waals surface area contributed by atoms with Gasteiger partial charge in [-0.15, -0.1) is 11.3 Å². The molecule has 0 aromatic carbocycles. The number of thiophene rings is 1. The number of amides is 2. The number of nitrogens with one attached hydrogen (secondary N) is 1. The molecule has 7 heteroatoms. The second-order valence-electron chi connectivity index (χ2n) is 5.63. The quantitative estimate of drug-likeness (QED) is 0.923. The molecule has 5 nitrogen and oxygen atoms in total. The number of carbonyl (C=O) groups is 2. The zero-order chi connectivity index (χ0) is 16.2. The molecule has 2 amide bonds. The van der Waals surface area contributed by atoms with E-state index < -0.39 is 6.04 Å². The molecule has 1 saturated heterocycles. The maximum atomic E-state index is 12.4. The fourth-order valence-corrected chi connectivity index (χ4v) is 4.13. The van der Waals surface area contributed by atoms with E-state index in [1.807, 2.05) is 21.7 Å². The van der Waals surface area contributed by atoms with Crippen molar-refractivity contribution in [3.05, 3.63) is 27.9 Å². The number of rotatable bonds is 4. The summed E-state index contributed by atoms with van der Waals surface area (Å²) < 4.78 is 0. The molecule has 1 aliphatic heterocycles. The Labute approximate surface area is 143 Å². The predicted octanol–water partition coefficient (Wildman–Crippen LogP) is 3.00. The smallest absolute Gasteiger partial charge is 0.271 e. The van der Waals surface area contributed by atoms with Crippen LogP contribution in [0, 0.1) is 0 Å². The molecule has 1 fully saturated rings. The van der Waals surface area contributed by atoms with E-state index in [-0.39, 0.29) is 11.8 Å². The van der Waals surface area contributed by atoms with E-state index in [0.717, 1.165) is 36.5 Å². The maximum absolute atomic E-state index is 12.4. The Morgan fingerprint density at radius 3 is 2.74 bits per heavy atom. The Balaban J connectivity index is 1.61. The zero-order valence-corrected chi connectivity index (χ0v) is 14.6. The summed E-state index contributed by atoms with van der Waals surface area (Å²) in [5.74, 6) is -0.299. The molecule has 3 rings (SSSR count). The largest absolute Gasteiger partial charge is 0.341 e. The molecule has 0 spiro atoms. The van der Waals surface area contributed by atoms with Gasteiger partial charge < -0.3 is 10.2 Å². The summed E-state index contributed by atoms with van der Waals surface area (Å²) in [6.45, 7) is 3.32. The van der Waals surface area contributed by atoms with E-state index in [1.54, 1.807) is 23.6 Å². The third kappa shape index (κ3) is 3.79. The van der Waals surface area contributed by atoms with Gasteiger partial charge in [-0.3, -0.25) is 9.59 Å². The highest BCUT2D eigenvalue weighted by atomic mass is 32.1. The topological polar surface area (TPSA) is 62.3 Å². The van der Waals surface area contributed by atoms with Gasteiger partial charge in [0.2, 0.25) is 5.91 Å².